The van der Waals surface area contributed by atoms with Crippen molar-refractivity contribution in [2.45, 2.75) is 26.9 Å². The molecular weight excluding hydrogens is 262 g/mol. The van der Waals surface area contributed by atoms with E-state index in [1.807, 2.05) is 13.2 Å². The molecule has 1 aromatic heterocycles. The number of rotatable bonds is 8. The maximum Gasteiger partial charge on any atom is 0.157 e. The van der Waals surface area contributed by atoms with Crippen molar-refractivity contribution in [3.05, 3.63) is 47.8 Å². The molecule has 2 rings (SSSR count). The quantitative estimate of drug-likeness (QED) is 0.759. The van der Waals surface area contributed by atoms with E-state index in [1.54, 1.807) is 10.9 Å². The lowest BCUT2D eigenvalue weighted by Crippen LogP contribution is -2.22. The number of ether oxygens (including phenoxy) is 1. The van der Waals surface area contributed by atoms with Gasteiger partial charge >= 0.3 is 0 Å². The van der Waals surface area contributed by atoms with E-state index < -0.39 is 0 Å². The van der Waals surface area contributed by atoms with Gasteiger partial charge in [-0.15, -0.1) is 0 Å². The summed E-state index contributed by atoms with van der Waals surface area (Å²) in [7, 11) is 1.89. The highest BCUT2D eigenvalue weighted by molar-refractivity contribution is 5.27. The molecule has 0 unspecified atom stereocenters. The molecule has 1 heterocycles. The molecule has 0 spiro atoms. The average molecular weight is 287 g/mol. The number of nitrogens with zero attached hydrogens (tertiary/aromatic N) is 2. The van der Waals surface area contributed by atoms with Gasteiger partial charge in [-0.05, 0) is 36.6 Å². The van der Waals surface area contributed by atoms with Crippen molar-refractivity contribution in [3.8, 4) is 5.75 Å². The minimum absolute atomic E-state index is 0.589. The second-order valence-corrected chi connectivity index (χ2v) is 5.76. The third kappa shape index (κ3) is 5.23. The Hall–Kier alpha value is -1.81. The van der Waals surface area contributed by atoms with Gasteiger partial charge < -0.3 is 10.1 Å². The zero-order valence-corrected chi connectivity index (χ0v) is 13.2. The van der Waals surface area contributed by atoms with Gasteiger partial charge in [-0.2, -0.15) is 5.10 Å². The molecule has 2 aromatic rings. The van der Waals surface area contributed by atoms with Gasteiger partial charge in [0.2, 0.25) is 0 Å². The van der Waals surface area contributed by atoms with Crippen LogP contribution in [-0.4, -0.2) is 22.9 Å². The predicted octanol–water partition coefficient (Wildman–Crippen LogP) is 2.79. The summed E-state index contributed by atoms with van der Waals surface area (Å²) in [5, 5.41) is 7.59. The van der Waals surface area contributed by atoms with Crippen LogP contribution < -0.4 is 10.1 Å². The van der Waals surface area contributed by atoms with Crippen LogP contribution in [0.25, 0.3) is 0 Å². The minimum atomic E-state index is 0.589. The molecule has 21 heavy (non-hydrogen) atoms. The molecule has 0 aliphatic rings. The van der Waals surface area contributed by atoms with Crippen molar-refractivity contribution in [3.63, 3.8) is 0 Å². The van der Waals surface area contributed by atoms with Crippen LogP contribution in [0.1, 0.15) is 25.0 Å². The Morgan fingerprint density at radius 2 is 2.00 bits per heavy atom. The number of hydrogen-bond donors (Lipinski definition) is 1. The van der Waals surface area contributed by atoms with E-state index in [9.17, 15) is 0 Å². The lowest BCUT2D eigenvalue weighted by Gasteiger charge is -2.11. The SMILES string of the molecule is CC(C)CNCCc1ccccc1COc1cnn(C)c1. The molecule has 0 saturated heterocycles. The first-order valence-electron chi connectivity index (χ1n) is 7.54. The molecular formula is C17H25N3O. The normalized spacial score (nSPS) is 11.0. The second-order valence-electron chi connectivity index (χ2n) is 5.76. The molecule has 4 heteroatoms. The average Bonchev–Trinajstić information content (AvgIpc) is 2.88. The molecule has 1 N–H and O–H groups in total. The van der Waals surface area contributed by atoms with Gasteiger partial charge in [0.15, 0.2) is 5.75 Å². The summed E-state index contributed by atoms with van der Waals surface area (Å²) in [6, 6.07) is 8.46. The molecule has 0 amide bonds. The highest BCUT2D eigenvalue weighted by atomic mass is 16.5. The summed E-state index contributed by atoms with van der Waals surface area (Å²) in [6.07, 6.45) is 4.65. The molecule has 0 radical (unpaired) electrons. The van der Waals surface area contributed by atoms with Gasteiger partial charge in [-0.25, -0.2) is 0 Å². The van der Waals surface area contributed by atoms with E-state index in [2.05, 4.69) is 48.5 Å². The summed E-state index contributed by atoms with van der Waals surface area (Å²) in [4.78, 5) is 0. The molecule has 1 aromatic carbocycles. The van der Waals surface area contributed by atoms with Crippen molar-refractivity contribution >= 4 is 0 Å². The molecule has 0 aliphatic heterocycles. The first-order valence-corrected chi connectivity index (χ1v) is 7.54. The monoisotopic (exact) mass is 287 g/mol. The second kappa shape index (κ2) is 7.84. The topological polar surface area (TPSA) is 39.1 Å². The van der Waals surface area contributed by atoms with Gasteiger partial charge in [-0.1, -0.05) is 38.1 Å². The van der Waals surface area contributed by atoms with Crippen LogP contribution in [-0.2, 0) is 20.1 Å². The first-order chi connectivity index (χ1) is 10.1. The zero-order chi connectivity index (χ0) is 15.1. The first kappa shape index (κ1) is 15.6. The highest BCUT2D eigenvalue weighted by Gasteiger charge is 2.04. The molecule has 0 bridgehead atoms. The lowest BCUT2D eigenvalue weighted by atomic mass is 10.1. The highest BCUT2D eigenvalue weighted by Crippen LogP contribution is 2.14. The van der Waals surface area contributed by atoms with E-state index in [0.717, 1.165) is 25.3 Å². The Bertz CT molecular complexity index is 548. The van der Waals surface area contributed by atoms with E-state index >= 15 is 0 Å². The summed E-state index contributed by atoms with van der Waals surface area (Å²) in [5.74, 6) is 1.50. The number of aryl methyl sites for hydroxylation is 1. The number of nitrogens with one attached hydrogen (secondary N) is 1. The molecule has 0 saturated carbocycles. The van der Waals surface area contributed by atoms with Crippen molar-refractivity contribution in [1.29, 1.82) is 0 Å². The van der Waals surface area contributed by atoms with Gasteiger partial charge in [0.05, 0.1) is 12.4 Å². The standard InChI is InChI=1S/C17H25N3O/c1-14(2)10-18-9-8-15-6-4-5-7-16(15)13-21-17-11-19-20(3)12-17/h4-7,11-12,14,18H,8-10,13H2,1-3H3. The summed E-state index contributed by atoms with van der Waals surface area (Å²) in [5.41, 5.74) is 2.59. The van der Waals surface area contributed by atoms with Crippen LogP contribution in [0.15, 0.2) is 36.7 Å². The van der Waals surface area contributed by atoms with Gasteiger partial charge in [-0.3, -0.25) is 4.68 Å². The van der Waals surface area contributed by atoms with Crippen molar-refractivity contribution < 1.29 is 4.74 Å². The molecule has 4 nitrogen and oxygen atoms in total. The smallest absolute Gasteiger partial charge is 0.157 e. The summed E-state index contributed by atoms with van der Waals surface area (Å²) >= 11 is 0. The fourth-order valence-electron chi connectivity index (χ4n) is 2.19. The number of benzene rings is 1. The number of hydrogen-bond acceptors (Lipinski definition) is 3. The molecule has 0 aliphatic carbocycles. The van der Waals surface area contributed by atoms with Crippen molar-refractivity contribution in [1.82, 2.24) is 15.1 Å². The van der Waals surface area contributed by atoms with Gasteiger partial charge in [0.1, 0.15) is 6.61 Å². The van der Waals surface area contributed by atoms with Gasteiger partial charge in [0, 0.05) is 7.05 Å². The minimum Gasteiger partial charge on any atom is -0.486 e. The largest absolute Gasteiger partial charge is 0.486 e. The van der Waals surface area contributed by atoms with Crippen LogP contribution in [0.2, 0.25) is 0 Å². The Balaban J connectivity index is 1.87. The lowest BCUT2D eigenvalue weighted by molar-refractivity contribution is 0.304. The van der Waals surface area contributed by atoms with Crippen molar-refractivity contribution in [2.24, 2.45) is 13.0 Å². The zero-order valence-electron chi connectivity index (χ0n) is 13.2. The van der Waals surface area contributed by atoms with Crippen LogP contribution in [0.3, 0.4) is 0 Å². The molecule has 0 fully saturated rings. The Morgan fingerprint density at radius 3 is 2.67 bits per heavy atom. The fourth-order valence-corrected chi connectivity index (χ4v) is 2.19. The fraction of sp³-hybridized carbons (Fsp3) is 0.471. The van der Waals surface area contributed by atoms with E-state index in [-0.39, 0.29) is 0 Å². The number of aromatic nitrogens is 2. The van der Waals surface area contributed by atoms with Crippen LogP contribution in [0.5, 0.6) is 5.75 Å². The Morgan fingerprint density at radius 1 is 1.24 bits per heavy atom. The summed E-state index contributed by atoms with van der Waals surface area (Å²) in [6.45, 7) is 7.11. The third-order valence-electron chi connectivity index (χ3n) is 3.32. The Labute approximate surface area is 127 Å². The van der Waals surface area contributed by atoms with Crippen molar-refractivity contribution in [2.75, 3.05) is 13.1 Å². The van der Waals surface area contributed by atoms with E-state index in [0.29, 0.717) is 12.5 Å². The van der Waals surface area contributed by atoms with E-state index in [1.165, 1.54) is 11.1 Å². The predicted molar refractivity (Wildman–Crippen MR) is 85.4 cm³/mol. The maximum absolute atomic E-state index is 5.79. The Kier molecular flexibility index (Phi) is 5.81. The maximum atomic E-state index is 5.79. The van der Waals surface area contributed by atoms with Crippen LogP contribution in [0.4, 0.5) is 0 Å². The van der Waals surface area contributed by atoms with Crippen LogP contribution in [0, 0.1) is 5.92 Å². The third-order valence-corrected chi connectivity index (χ3v) is 3.32. The molecule has 114 valence electrons. The van der Waals surface area contributed by atoms with E-state index in [4.69, 9.17) is 4.74 Å². The summed E-state index contributed by atoms with van der Waals surface area (Å²) < 4.78 is 7.54. The van der Waals surface area contributed by atoms with Crippen LogP contribution >= 0.6 is 0 Å². The van der Waals surface area contributed by atoms with Gasteiger partial charge in [0.25, 0.3) is 0 Å². The molecule has 0 atom stereocenters.